The Balaban J connectivity index is 1.95. The minimum Gasteiger partial charge on any atom is -0.306 e. The van der Waals surface area contributed by atoms with Gasteiger partial charge in [0.1, 0.15) is 0 Å². The maximum atomic E-state index is 10.0. The van der Waals surface area contributed by atoms with Crippen LogP contribution in [0.25, 0.3) is 0 Å². The van der Waals surface area contributed by atoms with Crippen molar-refractivity contribution in [2.45, 2.75) is 19.3 Å². The van der Waals surface area contributed by atoms with Crippen molar-refractivity contribution in [1.82, 2.24) is 0 Å². The first-order valence-corrected chi connectivity index (χ1v) is 4.14. The molecule has 0 aliphatic heterocycles. The van der Waals surface area contributed by atoms with Crippen LogP contribution in [0, 0.1) is 5.92 Å². The third-order valence-electron chi connectivity index (χ3n) is 1.40. The fourth-order valence-electron chi connectivity index (χ4n) is 0.674. The Morgan fingerprint density at radius 1 is 1.62 bits per heavy atom. The lowest BCUT2D eigenvalue weighted by atomic mass is 10.3. The summed E-state index contributed by atoms with van der Waals surface area (Å²) >= 11 is -1.55. The summed E-state index contributed by atoms with van der Waals surface area (Å²) in [6, 6.07) is 0. The summed E-state index contributed by atoms with van der Waals surface area (Å²) in [5, 5.41) is 0. The zero-order chi connectivity index (χ0) is 5.98. The highest BCUT2D eigenvalue weighted by molar-refractivity contribution is 7.79. The summed E-state index contributed by atoms with van der Waals surface area (Å²) in [7, 11) is 0. The predicted octanol–water partition coefficient (Wildman–Crippen LogP) is 1.01. The van der Waals surface area contributed by atoms with Gasteiger partial charge in [0.15, 0.2) is 11.1 Å². The molecule has 0 aromatic carbocycles. The van der Waals surface area contributed by atoms with Crippen molar-refractivity contribution in [2.24, 2.45) is 5.92 Å². The smallest absolute Gasteiger partial charge is 0.152 e. The minimum absolute atomic E-state index is 0.477. The van der Waals surface area contributed by atoms with Crippen molar-refractivity contribution < 1.29 is 8.76 Å². The average Bonchev–Trinajstić information content (AvgIpc) is 2.41. The third-order valence-corrected chi connectivity index (χ3v) is 1.98. The van der Waals surface area contributed by atoms with E-state index in [0.717, 1.165) is 12.3 Å². The molecule has 8 heavy (non-hydrogen) atoms. The molecule has 0 heterocycles. The van der Waals surface area contributed by atoms with Gasteiger partial charge in [-0.15, -0.1) is 0 Å². The first kappa shape index (κ1) is 6.23. The predicted molar refractivity (Wildman–Crippen MR) is 33.0 cm³/mol. The van der Waals surface area contributed by atoms with E-state index in [1.165, 1.54) is 12.8 Å². The second kappa shape index (κ2) is 2.60. The van der Waals surface area contributed by atoms with Crippen LogP contribution in [0.15, 0.2) is 0 Å². The Morgan fingerprint density at radius 2 is 2.25 bits per heavy atom. The molecule has 0 saturated heterocycles. The highest BCUT2D eigenvalue weighted by Crippen LogP contribution is 2.32. The van der Waals surface area contributed by atoms with Gasteiger partial charge in [0.05, 0.1) is 0 Å². The first-order chi connectivity index (χ1) is 3.79. The SMILES string of the molecule is O=S(O)CCC1CC1. The lowest BCUT2D eigenvalue weighted by Gasteiger charge is -1.88. The van der Waals surface area contributed by atoms with Crippen molar-refractivity contribution in [1.29, 1.82) is 0 Å². The van der Waals surface area contributed by atoms with Crippen molar-refractivity contribution in [3.63, 3.8) is 0 Å². The van der Waals surface area contributed by atoms with E-state index >= 15 is 0 Å². The molecule has 1 unspecified atom stereocenters. The summed E-state index contributed by atoms with van der Waals surface area (Å²) in [5.74, 6) is 1.26. The summed E-state index contributed by atoms with van der Waals surface area (Å²) in [6.07, 6.45) is 3.50. The molecule has 1 N–H and O–H groups in total. The molecular weight excluding hydrogens is 124 g/mol. The fourth-order valence-corrected chi connectivity index (χ4v) is 1.21. The second-order valence-electron chi connectivity index (χ2n) is 2.26. The van der Waals surface area contributed by atoms with E-state index < -0.39 is 11.1 Å². The normalized spacial score (nSPS) is 23.1. The lowest BCUT2D eigenvalue weighted by molar-refractivity contribution is 0.559. The zero-order valence-electron chi connectivity index (χ0n) is 4.67. The molecule has 1 aliphatic rings. The largest absolute Gasteiger partial charge is 0.306 e. The summed E-state index contributed by atoms with van der Waals surface area (Å²) in [6.45, 7) is 0. The van der Waals surface area contributed by atoms with Crippen LogP contribution < -0.4 is 0 Å². The van der Waals surface area contributed by atoms with Crippen molar-refractivity contribution in [2.75, 3.05) is 5.75 Å². The molecule has 0 bridgehead atoms. The second-order valence-corrected chi connectivity index (χ2v) is 3.31. The molecule has 1 rings (SSSR count). The van der Waals surface area contributed by atoms with Gasteiger partial charge in [-0.3, -0.25) is 0 Å². The maximum Gasteiger partial charge on any atom is 0.152 e. The van der Waals surface area contributed by atoms with Gasteiger partial charge >= 0.3 is 0 Å². The van der Waals surface area contributed by atoms with E-state index in [9.17, 15) is 4.21 Å². The van der Waals surface area contributed by atoms with Gasteiger partial charge in [0, 0.05) is 5.75 Å². The van der Waals surface area contributed by atoms with E-state index in [-0.39, 0.29) is 0 Å². The molecular formula is C5H10O2S. The van der Waals surface area contributed by atoms with Gasteiger partial charge in [-0.1, -0.05) is 12.8 Å². The molecule has 3 heteroatoms. The van der Waals surface area contributed by atoms with E-state index in [2.05, 4.69) is 0 Å². The van der Waals surface area contributed by atoms with Gasteiger partial charge in [0.2, 0.25) is 0 Å². The molecule has 1 saturated carbocycles. The van der Waals surface area contributed by atoms with Crippen LogP contribution in [-0.4, -0.2) is 14.5 Å². The Bertz CT molecular complexity index is 98.6. The number of hydrogen-bond donors (Lipinski definition) is 1. The van der Waals surface area contributed by atoms with Crippen LogP contribution >= 0.6 is 0 Å². The number of rotatable bonds is 3. The minimum atomic E-state index is -1.55. The maximum absolute atomic E-state index is 10.0. The van der Waals surface area contributed by atoms with E-state index in [4.69, 9.17) is 4.55 Å². The van der Waals surface area contributed by atoms with Gasteiger partial charge in [-0.05, 0) is 12.3 Å². The molecule has 0 spiro atoms. The standard InChI is InChI=1S/C5H10O2S/c6-8(7)4-3-5-1-2-5/h5H,1-4H2,(H,6,7). The number of hydrogen-bond acceptors (Lipinski definition) is 1. The van der Waals surface area contributed by atoms with Gasteiger partial charge in [-0.25, -0.2) is 4.21 Å². The highest BCUT2D eigenvalue weighted by atomic mass is 32.2. The highest BCUT2D eigenvalue weighted by Gasteiger charge is 2.20. The average molecular weight is 134 g/mol. The Kier molecular flexibility index (Phi) is 2.02. The van der Waals surface area contributed by atoms with Crippen LogP contribution in [0.1, 0.15) is 19.3 Å². The van der Waals surface area contributed by atoms with Crippen LogP contribution in [0.5, 0.6) is 0 Å². The van der Waals surface area contributed by atoms with E-state index in [1.807, 2.05) is 0 Å². The van der Waals surface area contributed by atoms with Gasteiger partial charge < -0.3 is 4.55 Å². The first-order valence-electron chi connectivity index (χ1n) is 2.86. The van der Waals surface area contributed by atoms with Crippen LogP contribution in [0.3, 0.4) is 0 Å². The Morgan fingerprint density at radius 3 is 2.62 bits per heavy atom. The molecule has 0 amide bonds. The molecule has 2 nitrogen and oxygen atoms in total. The van der Waals surface area contributed by atoms with E-state index in [0.29, 0.717) is 5.75 Å². The quantitative estimate of drug-likeness (QED) is 0.585. The zero-order valence-corrected chi connectivity index (χ0v) is 5.49. The summed E-state index contributed by atoms with van der Waals surface area (Å²) in [5.41, 5.74) is 0. The molecule has 1 fully saturated rings. The van der Waals surface area contributed by atoms with Gasteiger partial charge in [-0.2, -0.15) is 0 Å². The van der Waals surface area contributed by atoms with Crippen molar-refractivity contribution in [3.8, 4) is 0 Å². The molecule has 1 atom stereocenters. The molecule has 0 aromatic rings. The monoisotopic (exact) mass is 134 g/mol. The lowest BCUT2D eigenvalue weighted by Crippen LogP contribution is -1.94. The molecule has 0 aromatic heterocycles. The molecule has 48 valence electrons. The summed E-state index contributed by atoms with van der Waals surface area (Å²) in [4.78, 5) is 0. The molecule has 0 radical (unpaired) electrons. The third kappa shape index (κ3) is 2.43. The molecule has 1 aliphatic carbocycles. The van der Waals surface area contributed by atoms with Crippen molar-refractivity contribution >= 4 is 11.1 Å². The topological polar surface area (TPSA) is 37.3 Å². The van der Waals surface area contributed by atoms with Crippen LogP contribution in [0.2, 0.25) is 0 Å². The van der Waals surface area contributed by atoms with E-state index in [1.54, 1.807) is 0 Å². The van der Waals surface area contributed by atoms with Crippen molar-refractivity contribution in [3.05, 3.63) is 0 Å². The van der Waals surface area contributed by atoms with Gasteiger partial charge in [0.25, 0.3) is 0 Å². The van der Waals surface area contributed by atoms with Crippen LogP contribution in [0.4, 0.5) is 0 Å². The summed E-state index contributed by atoms with van der Waals surface area (Å²) < 4.78 is 18.3. The fraction of sp³-hybridized carbons (Fsp3) is 1.00. The Labute approximate surface area is 51.6 Å². The van der Waals surface area contributed by atoms with Crippen LogP contribution in [-0.2, 0) is 11.1 Å². The Hall–Kier alpha value is 0.110.